The van der Waals surface area contributed by atoms with Gasteiger partial charge in [-0.3, -0.25) is 4.79 Å². The Hall–Kier alpha value is -2.59. The average molecular weight is 404 g/mol. The smallest absolute Gasteiger partial charge is 0.223 e. The number of aromatic amines is 1. The van der Waals surface area contributed by atoms with Crippen LogP contribution in [0.2, 0.25) is 0 Å². The van der Waals surface area contributed by atoms with E-state index < -0.39 is 0 Å². The quantitative estimate of drug-likeness (QED) is 0.647. The third kappa shape index (κ3) is 4.15. The van der Waals surface area contributed by atoms with Gasteiger partial charge in [0.05, 0.1) is 0 Å². The van der Waals surface area contributed by atoms with Crippen molar-refractivity contribution in [2.75, 3.05) is 32.7 Å². The van der Waals surface area contributed by atoms with Crippen LogP contribution in [0.25, 0.3) is 10.9 Å². The van der Waals surface area contributed by atoms with Crippen molar-refractivity contribution in [3.05, 3.63) is 70.9 Å². The molecule has 0 unspecified atom stereocenters. The number of fused-ring (bicyclic) bond motifs is 1. The molecule has 158 valence electrons. The van der Waals surface area contributed by atoms with Crippen molar-refractivity contribution in [2.45, 2.75) is 39.5 Å². The van der Waals surface area contributed by atoms with Crippen LogP contribution in [0.1, 0.15) is 48.4 Å². The first-order chi connectivity index (χ1) is 14.6. The second-order valence-corrected chi connectivity index (χ2v) is 8.42. The second-order valence-electron chi connectivity index (χ2n) is 8.42. The number of nitrogens with one attached hydrogen (secondary N) is 1. The standard InChI is InChI=1S/C26H33N3O/c1-4-20-9-7-11-22-24(18-27-26(20)22)23(21-10-6-8-19(3)16-21)17-25(30)29-14-12-28(5-2)13-15-29/h6-11,16,18,23,27H,4-5,12-15,17H2,1-3H3/t23-/m1/s1. The highest BCUT2D eigenvalue weighted by atomic mass is 16.2. The van der Waals surface area contributed by atoms with Crippen LogP contribution in [0, 0.1) is 6.92 Å². The summed E-state index contributed by atoms with van der Waals surface area (Å²) in [7, 11) is 0. The lowest BCUT2D eigenvalue weighted by Crippen LogP contribution is -2.48. The summed E-state index contributed by atoms with van der Waals surface area (Å²) in [5.74, 6) is 0.320. The van der Waals surface area contributed by atoms with E-state index >= 15 is 0 Å². The fourth-order valence-electron chi connectivity index (χ4n) is 4.73. The van der Waals surface area contributed by atoms with E-state index in [2.05, 4.69) is 84.2 Å². The summed E-state index contributed by atoms with van der Waals surface area (Å²) in [5, 5.41) is 1.24. The molecule has 0 radical (unpaired) electrons. The van der Waals surface area contributed by atoms with Crippen LogP contribution in [0.15, 0.2) is 48.7 Å². The van der Waals surface area contributed by atoms with Gasteiger partial charge >= 0.3 is 0 Å². The van der Waals surface area contributed by atoms with E-state index in [0.29, 0.717) is 6.42 Å². The van der Waals surface area contributed by atoms with Crippen molar-refractivity contribution >= 4 is 16.8 Å². The number of para-hydroxylation sites is 1. The summed E-state index contributed by atoms with van der Waals surface area (Å²) in [6.45, 7) is 11.2. The molecule has 0 spiro atoms. The molecule has 1 saturated heterocycles. The maximum atomic E-state index is 13.3. The first kappa shape index (κ1) is 20.7. The Morgan fingerprint density at radius 3 is 2.53 bits per heavy atom. The summed E-state index contributed by atoms with van der Waals surface area (Å²) in [6.07, 6.45) is 3.63. The summed E-state index contributed by atoms with van der Waals surface area (Å²) >= 11 is 0. The summed E-state index contributed by atoms with van der Waals surface area (Å²) < 4.78 is 0. The van der Waals surface area contributed by atoms with Crippen LogP contribution in [0.3, 0.4) is 0 Å². The first-order valence-corrected chi connectivity index (χ1v) is 11.3. The number of H-pyrrole nitrogens is 1. The average Bonchev–Trinajstić information content (AvgIpc) is 3.21. The molecule has 4 rings (SSSR count). The predicted molar refractivity (Wildman–Crippen MR) is 124 cm³/mol. The van der Waals surface area contributed by atoms with Gasteiger partial charge in [0, 0.05) is 55.6 Å². The van der Waals surface area contributed by atoms with E-state index in [1.165, 1.54) is 33.2 Å². The van der Waals surface area contributed by atoms with Gasteiger partial charge in [0.25, 0.3) is 0 Å². The van der Waals surface area contributed by atoms with E-state index in [1.807, 2.05) is 0 Å². The van der Waals surface area contributed by atoms with Crippen LogP contribution >= 0.6 is 0 Å². The Kier molecular flexibility index (Phi) is 6.24. The molecule has 1 aromatic heterocycles. The van der Waals surface area contributed by atoms with Gasteiger partial charge in [-0.1, -0.05) is 61.9 Å². The molecule has 1 fully saturated rings. The van der Waals surface area contributed by atoms with Crippen molar-refractivity contribution in [1.82, 2.24) is 14.8 Å². The molecule has 3 aromatic rings. The highest BCUT2D eigenvalue weighted by Gasteiger charge is 2.26. The van der Waals surface area contributed by atoms with Crippen LogP contribution in [0.4, 0.5) is 0 Å². The molecule has 30 heavy (non-hydrogen) atoms. The number of nitrogens with zero attached hydrogens (tertiary/aromatic N) is 2. The topological polar surface area (TPSA) is 39.3 Å². The number of aromatic nitrogens is 1. The van der Waals surface area contributed by atoms with Crippen LogP contribution in [-0.4, -0.2) is 53.4 Å². The molecule has 0 aliphatic carbocycles. The number of amides is 1. The highest BCUT2D eigenvalue weighted by molar-refractivity contribution is 5.88. The van der Waals surface area contributed by atoms with Crippen LogP contribution in [0.5, 0.6) is 0 Å². The van der Waals surface area contributed by atoms with Crippen molar-refractivity contribution < 1.29 is 4.79 Å². The Bertz CT molecular complexity index is 1010. The summed E-state index contributed by atoms with van der Waals surface area (Å²) in [6, 6.07) is 15.1. The normalized spacial score (nSPS) is 16.2. The molecule has 4 nitrogen and oxygen atoms in total. The number of carbonyl (C=O) groups excluding carboxylic acids is 1. The van der Waals surface area contributed by atoms with Gasteiger partial charge in [0.1, 0.15) is 0 Å². The van der Waals surface area contributed by atoms with Gasteiger partial charge in [-0.15, -0.1) is 0 Å². The fraction of sp³-hybridized carbons (Fsp3) is 0.423. The Morgan fingerprint density at radius 1 is 1.07 bits per heavy atom. The minimum atomic E-state index is 0.0578. The lowest BCUT2D eigenvalue weighted by atomic mass is 9.86. The zero-order chi connectivity index (χ0) is 21.1. The number of likely N-dealkylation sites (N-methyl/N-ethyl adjacent to an activating group) is 1. The van der Waals surface area contributed by atoms with E-state index in [9.17, 15) is 4.79 Å². The van der Waals surface area contributed by atoms with Gasteiger partial charge in [0.15, 0.2) is 0 Å². The maximum Gasteiger partial charge on any atom is 0.223 e. The first-order valence-electron chi connectivity index (χ1n) is 11.3. The lowest BCUT2D eigenvalue weighted by molar-refractivity contribution is -0.133. The molecule has 4 heteroatoms. The molecule has 1 amide bonds. The number of rotatable bonds is 6. The van der Waals surface area contributed by atoms with Gasteiger partial charge in [-0.2, -0.15) is 0 Å². The number of carbonyl (C=O) groups is 1. The van der Waals surface area contributed by atoms with E-state index in [4.69, 9.17) is 0 Å². The van der Waals surface area contributed by atoms with Gasteiger partial charge in [0.2, 0.25) is 5.91 Å². The minimum Gasteiger partial charge on any atom is -0.361 e. The number of piperazine rings is 1. The van der Waals surface area contributed by atoms with Crippen molar-refractivity contribution in [2.24, 2.45) is 0 Å². The van der Waals surface area contributed by atoms with Crippen molar-refractivity contribution in [3.8, 4) is 0 Å². The largest absolute Gasteiger partial charge is 0.361 e. The molecule has 2 aromatic carbocycles. The Morgan fingerprint density at radius 2 is 1.83 bits per heavy atom. The zero-order valence-corrected chi connectivity index (χ0v) is 18.4. The molecular weight excluding hydrogens is 370 g/mol. The van der Waals surface area contributed by atoms with Crippen LogP contribution < -0.4 is 0 Å². The number of hydrogen-bond acceptors (Lipinski definition) is 2. The molecule has 1 atom stereocenters. The van der Waals surface area contributed by atoms with Gasteiger partial charge in [-0.05, 0) is 36.6 Å². The molecular formula is C26H33N3O. The van der Waals surface area contributed by atoms with Gasteiger partial charge < -0.3 is 14.8 Å². The third-order valence-corrected chi connectivity index (χ3v) is 6.59. The van der Waals surface area contributed by atoms with E-state index in [0.717, 1.165) is 39.1 Å². The van der Waals surface area contributed by atoms with Crippen molar-refractivity contribution in [1.29, 1.82) is 0 Å². The molecule has 1 aliphatic heterocycles. The third-order valence-electron chi connectivity index (χ3n) is 6.59. The monoisotopic (exact) mass is 403 g/mol. The van der Waals surface area contributed by atoms with E-state index in [1.54, 1.807) is 0 Å². The van der Waals surface area contributed by atoms with Gasteiger partial charge in [-0.25, -0.2) is 0 Å². The highest BCUT2D eigenvalue weighted by Crippen LogP contribution is 2.35. The zero-order valence-electron chi connectivity index (χ0n) is 18.4. The number of hydrogen-bond donors (Lipinski definition) is 1. The molecule has 0 bridgehead atoms. The maximum absolute atomic E-state index is 13.3. The Labute approximate surface area is 179 Å². The molecule has 1 aliphatic rings. The molecule has 1 N–H and O–H groups in total. The minimum absolute atomic E-state index is 0.0578. The predicted octanol–water partition coefficient (Wildman–Crippen LogP) is 4.72. The lowest BCUT2D eigenvalue weighted by Gasteiger charge is -2.35. The molecule has 2 heterocycles. The van der Waals surface area contributed by atoms with E-state index in [-0.39, 0.29) is 11.8 Å². The Balaban J connectivity index is 1.67. The second kappa shape index (κ2) is 9.05. The van der Waals surface area contributed by atoms with Crippen LogP contribution in [-0.2, 0) is 11.2 Å². The summed E-state index contributed by atoms with van der Waals surface area (Å²) in [5.41, 5.74) is 6.21. The SMILES string of the molecule is CCc1cccc2c([C@H](CC(=O)N3CCN(CC)CC3)c3cccc(C)c3)c[nH]c12. The van der Waals surface area contributed by atoms with Crippen molar-refractivity contribution in [3.63, 3.8) is 0 Å². The fourth-order valence-corrected chi connectivity index (χ4v) is 4.73. The number of aryl methyl sites for hydroxylation is 2. The summed E-state index contributed by atoms with van der Waals surface area (Å²) in [4.78, 5) is 21.3. The molecule has 0 saturated carbocycles. The number of benzene rings is 2.